The van der Waals surface area contributed by atoms with E-state index in [4.69, 9.17) is 0 Å². The molecule has 2 rings (SSSR count). The van der Waals surface area contributed by atoms with Crippen LogP contribution >= 0.6 is 15.9 Å². The SMILES string of the molecule is Cc1cc(Br)cc(C(=O)N(CC(C)C)C2CCCC2)c1. The van der Waals surface area contributed by atoms with Gasteiger partial charge in [-0.15, -0.1) is 0 Å². The standard InChI is InChI=1S/C17H24BrNO/c1-12(2)11-19(16-6-4-5-7-16)17(20)14-8-13(3)9-15(18)10-14/h8-10,12,16H,4-7,11H2,1-3H3. The van der Waals surface area contributed by atoms with Gasteiger partial charge in [0, 0.05) is 22.6 Å². The molecule has 2 nitrogen and oxygen atoms in total. The molecule has 0 N–H and O–H groups in total. The molecule has 110 valence electrons. The highest BCUT2D eigenvalue weighted by molar-refractivity contribution is 9.10. The van der Waals surface area contributed by atoms with E-state index in [1.165, 1.54) is 12.8 Å². The average molecular weight is 338 g/mol. The van der Waals surface area contributed by atoms with E-state index in [0.717, 1.165) is 35.0 Å². The van der Waals surface area contributed by atoms with Gasteiger partial charge in [0.1, 0.15) is 0 Å². The van der Waals surface area contributed by atoms with Crippen molar-refractivity contribution in [1.82, 2.24) is 4.90 Å². The van der Waals surface area contributed by atoms with Gasteiger partial charge in [-0.25, -0.2) is 0 Å². The summed E-state index contributed by atoms with van der Waals surface area (Å²) in [6.45, 7) is 7.25. The highest BCUT2D eigenvalue weighted by Crippen LogP contribution is 2.26. The van der Waals surface area contributed by atoms with Crippen LogP contribution in [0.3, 0.4) is 0 Å². The van der Waals surface area contributed by atoms with E-state index in [2.05, 4.69) is 34.7 Å². The summed E-state index contributed by atoms with van der Waals surface area (Å²) in [5, 5.41) is 0. The molecule has 1 aliphatic carbocycles. The Morgan fingerprint density at radius 1 is 1.30 bits per heavy atom. The Bertz CT molecular complexity index is 458. The van der Waals surface area contributed by atoms with Crippen LogP contribution in [0.4, 0.5) is 0 Å². The molecule has 1 amide bonds. The Morgan fingerprint density at radius 3 is 2.50 bits per heavy atom. The lowest BCUT2D eigenvalue weighted by atomic mass is 10.1. The summed E-state index contributed by atoms with van der Waals surface area (Å²) < 4.78 is 0.983. The molecule has 0 bridgehead atoms. The van der Waals surface area contributed by atoms with Crippen LogP contribution in [0.15, 0.2) is 22.7 Å². The fourth-order valence-corrected chi connectivity index (χ4v) is 3.64. The van der Waals surface area contributed by atoms with Crippen molar-refractivity contribution in [2.75, 3.05) is 6.54 Å². The van der Waals surface area contributed by atoms with Crippen molar-refractivity contribution in [3.63, 3.8) is 0 Å². The smallest absolute Gasteiger partial charge is 0.254 e. The summed E-state index contributed by atoms with van der Waals surface area (Å²) in [6.07, 6.45) is 4.82. The molecule has 0 aromatic heterocycles. The predicted molar refractivity (Wildman–Crippen MR) is 87.0 cm³/mol. The fraction of sp³-hybridized carbons (Fsp3) is 0.588. The minimum Gasteiger partial charge on any atom is -0.335 e. The Morgan fingerprint density at radius 2 is 1.95 bits per heavy atom. The number of carbonyl (C=O) groups excluding carboxylic acids is 1. The second-order valence-electron chi connectivity index (χ2n) is 6.31. The number of halogens is 1. The van der Waals surface area contributed by atoms with Crippen LogP contribution in [0, 0.1) is 12.8 Å². The van der Waals surface area contributed by atoms with Gasteiger partial charge >= 0.3 is 0 Å². The monoisotopic (exact) mass is 337 g/mol. The molecule has 1 aliphatic rings. The molecule has 0 saturated heterocycles. The van der Waals surface area contributed by atoms with Crippen molar-refractivity contribution in [1.29, 1.82) is 0 Å². The van der Waals surface area contributed by atoms with Crippen LogP contribution in [-0.2, 0) is 0 Å². The van der Waals surface area contributed by atoms with E-state index in [1.807, 2.05) is 25.1 Å². The van der Waals surface area contributed by atoms with Crippen LogP contribution in [0.2, 0.25) is 0 Å². The zero-order chi connectivity index (χ0) is 14.7. The second kappa shape index (κ2) is 6.75. The minimum absolute atomic E-state index is 0.190. The maximum Gasteiger partial charge on any atom is 0.254 e. The lowest BCUT2D eigenvalue weighted by Gasteiger charge is -2.31. The van der Waals surface area contributed by atoms with Gasteiger partial charge in [0.05, 0.1) is 0 Å². The number of hydrogen-bond donors (Lipinski definition) is 0. The van der Waals surface area contributed by atoms with E-state index < -0.39 is 0 Å². The van der Waals surface area contributed by atoms with Gasteiger partial charge in [-0.05, 0) is 49.4 Å². The topological polar surface area (TPSA) is 20.3 Å². The van der Waals surface area contributed by atoms with Crippen LogP contribution in [-0.4, -0.2) is 23.4 Å². The maximum atomic E-state index is 12.9. The Labute approximate surface area is 130 Å². The van der Waals surface area contributed by atoms with Crippen molar-refractivity contribution >= 4 is 21.8 Å². The van der Waals surface area contributed by atoms with Crippen molar-refractivity contribution in [2.24, 2.45) is 5.92 Å². The second-order valence-corrected chi connectivity index (χ2v) is 7.22. The van der Waals surface area contributed by atoms with E-state index in [9.17, 15) is 4.79 Å². The zero-order valence-electron chi connectivity index (χ0n) is 12.7. The van der Waals surface area contributed by atoms with E-state index in [0.29, 0.717) is 12.0 Å². The normalized spacial score (nSPS) is 15.8. The molecule has 3 heteroatoms. The molecule has 20 heavy (non-hydrogen) atoms. The maximum absolute atomic E-state index is 12.9. The summed E-state index contributed by atoms with van der Waals surface area (Å²) in [5.74, 6) is 0.697. The van der Waals surface area contributed by atoms with Gasteiger partial charge in [-0.2, -0.15) is 0 Å². The number of nitrogens with zero attached hydrogens (tertiary/aromatic N) is 1. The van der Waals surface area contributed by atoms with E-state index in [1.54, 1.807) is 0 Å². The summed E-state index contributed by atoms with van der Waals surface area (Å²) >= 11 is 3.49. The van der Waals surface area contributed by atoms with E-state index in [-0.39, 0.29) is 5.91 Å². The Hall–Kier alpha value is -0.830. The van der Waals surface area contributed by atoms with Gasteiger partial charge < -0.3 is 4.90 Å². The number of aryl methyl sites for hydroxylation is 1. The number of benzene rings is 1. The summed E-state index contributed by atoms with van der Waals surface area (Å²) in [5.41, 5.74) is 1.93. The highest BCUT2D eigenvalue weighted by atomic mass is 79.9. The Balaban J connectivity index is 2.24. The first-order chi connectivity index (χ1) is 9.47. The molecular weight excluding hydrogens is 314 g/mol. The van der Waals surface area contributed by atoms with Gasteiger partial charge in [0.25, 0.3) is 5.91 Å². The first kappa shape index (κ1) is 15.6. The van der Waals surface area contributed by atoms with Crippen LogP contribution in [0.25, 0.3) is 0 Å². The Kier molecular flexibility index (Phi) is 5.25. The third-order valence-electron chi connectivity index (χ3n) is 3.88. The van der Waals surface area contributed by atoms with Crippen LogP contribution in [0.1, 0.15) is 55.5 Å². The van der Waals surface area contributed by atoms with Gasteiger partial charge in [-0.3, -0.25) is 4.79 Å². The lowest BCUT2D eigenvalue weighted by Crippen LogP contribution is -2.41. The van der Waals surface area contributed by atoms with Gasteiger partial charge in [-0.1, -0.05) is 42.6 Å². The molecule has 0 radical (unpaired) electrons. The first-order valence-electron chi connectivity index (χ1n) is 7.55. The van der Waals surface area contributed by atoms with Crippen molar-refractivity contribution < 1.29 is 4.79 Å². The fourth-order valence-electron chi connectivity index (χ4n) is 3.03. The molecule has 1 aromatic rings. The number of hydrogen-bond acceptors (Lipinski definition) is 1. The van der Waals surface area contributed by atoms with Gasteiger partial charge in [0.2, 0.25) is 0 Å². The largest absolute Gasteiger partial charge is 0.335 e. The summed E-state index contributed by atoms with van der Waals surface area (Å²) in [7, 11) is 0. The number of amides is 1. The molecule has 0 spiro atoms. The third-order valence-corrected chi connectivity index (χ3v) is 4.34. The molecule has 0 atom stereocenters. The predicted octanol–water partition coefficient (Wildman–Crippen LogP) is 4.80. The molecule has 1 aromatic carbocycles. The molecule has 1 saturated carbocycles. The lowest BCUT2D eigenvalue weighted by molar-refractivity contribution is 0.0655. The first-order valence-corrected chi connectivity index (χ1v) is 8.35. The molecule has 1 fully saturated rings. The molecule has 0 heterocycles. The zero-order valence-corrected chi connectivity index (χ0v) is 14.2. The van der Waals surface area contributed by atoms with Crippen LogP contribution < -0.4 is 0 Å². The van der Waals surface area contributed by atoms with Crippen molar-refractivity contribution in [2.45, 2.75) is 52.5 Å². The van der Waals surface area contributed by atoms with E-state index >= 15 is 0 Å². The van der Waals surface area contributed by atoms with Crippen molar-refractivity contribution in [3.05, 3.63) is 33.8 Å². The molecular formula is C17H24BrNO. The molecule has 0 unspecified atom stereocenters. The number of rotatable bonds is 4. The average Bonchev–Trinajstić information content (AvgIpc) is 2.87. The van der Waals surface area contributed by atoms with Crippen molar-refractivity contribution in [3.8, 4) is 0 Å². The minimum atomic E-state index is 0.190. The number of carbonyl (C=O) groups is 1. The quantitative estimate of drug-likeness (QED) is 0.772. The van der Waals surface area contributed by atoms with Crippen LogP contribution in [0.5, 0.6) is 0 Å². The summed E-state index contributed by atoms with van der Waals surface area (Å²) in [6, 6.07) is 6.41. The van der Waals surface area contributed by atoms with Gasteiger partial charge in [0.15, 0.2) is 0 Å². The third kappa shape index (κ3) is 3.85. The highest BCUT2D eigenvalue weighted by Gasteiger charge is 2.28. The summed E-state index contributed by atoms with van der Waals surface area (Å²) in [4.78, 5) is 15.0. The molecule has 0 aliphatic heterocycles.